The molecule has 5 heteroatoms. The van der Waals surface area contributed by atoms with Crippen molar-refractivity contribution in [2.24, 2.45) is 0 Å². The van der Waals surface area contributed by atoms with E-state index in [2.05, 4.69) is 65.0 Å². The first-order valence-corrected chi connectivity index (χ1v) is 9.15. The summed E-state index contributed by atoms with van der Waals surface area (Å²) in [5, 5.41) is 0. The fourth-order valence-corrected chi connectivity index (χ4v) is 2.93. The maximum Gasteiger partial charge on any atom is 0.317 e. The van der Waals surface area contributed by atoms with Crippen molar-refractivity contribution in [2.75, 3.05) is 0 Å². The summed E-state index contributed by atoms with van der Waals surface area (Å²) < 4.78 is 6.21. The average Bonchev–Trinajstić information content (AvgIpc) is 2.61. The van der Waals surface area contributed by atoms with Crippen molar-refractivity contribution < 1.29 is 4.74 Å². The largest absolute Gasteiger partial charge is 0.455 e. The highest BCUT2D eigenvalue weighted by molar-refractivity contribution is 5.30. The SMILES string of the molecule is Cc1cc(C)nc(OC(Cc2ccncn2)c2ccc(C(C)(C)C)cc2)n1. The summed E-state index contributed by atoms with van der Waals surface area (Å²) in [6.45, 7) is 10.5. The first-order chi connectivity index (χ1) is 12.8. The minimum Gasteiger partial charge on any atom is -0.455 e. The quantitative estimate of drug-likeness (QED) is 0.667. The van der Waals surface area contributed by atoms with Gasteiger partial charge in [-0.25, -0.2) is 19.9 Å². The molecule has 5 nitrogen and oxygen atoms in total. The average molecular weight is 362 g/mol. The molecule has 0 amide bonds. The van der Waals surface area contributed by atoms with Crippen LogP contribution in [0.5, 0.6) is 6.01 Å². The van der Waals surface area contributed by atoms with Gasteiger partial charge in [0.1, 0.15) is 12.4 Å². The number of aromatic nitrogens is 4. The van der Waals surface area contributed by atoms with Crippen molar-refractivity contribution in [3.8, 4) is 6.01 Å². The van der Waals surface area contributed by atoms with Gasteiger partial charge in [0.05, 0.1) is 0 Å². The van der Waals surface area contributed by atoms with Crippen LogP contribution in [0.1, 0.15) is 55.1 Å². The molecule has 2 heterocycles. The predicted octanol–water partition coefficient (Wildman–Crippen LogP) is 4.54. The van der Waals surface area contributed by atoms with Gasteiger partial charge in [0.25, 0.3) is 0 Å². The third-order valence-electron chi connectivity index (χ3n) is 4.40. The third kappa shape index (κ3) is 5.09. The monoisotopic (exact) mass is 362 g/mol. The van der Waals surface area contributed by atoms with Gasteiger partial charge in [-0.3, -0.25) is 0 Å². The zero-order chi connectivity index (χ0) is 19.4. The highest BCUT2D eigenvalue weighted by Gasteiger charge is 2.19. The minimum absolute atomic E-state index is 0.109. The number of benzene rings is 1. The van der Waals surface area contributed by atoms with Crippen LogP contribution in [0, 0.1) is 13.8 Å². The number of hydrogen-bond donors (Lipinski definition) is 0. The van der Waals surface area contributed by atoms with Gasteiger partial charge in [0, 0.05) is 29.7 Å². The molecule has 0 aliphatic carbocycles. The fourth-order valence-electron chi connectivity index (χ4n) is 2.93. The van der Waals surface area contributed by atoms with E-state index in [0.717, 1.165) is 22.6 Å². The molecule has 0 aliphatic heterocycles. The van der Waals surface area contributed by atoms with E-state index in [4.69, 9.17) is 4.74 Å². The molecule has 0 saturated heterocycles. The van der Waals surface area contributed by atoms with Crippen LogP contribution >= 0.6 is 0 Å². The van der Waals surface area contributed by atoms with Crippen LogP contribution < -0.4 is 4.74 Å². The van der Waals surface area contributed by atoms with Gasteiger partial charge in [-0.15, -0.1) is 0 Å². The lowest BCUT2D eigenvalue weighted by molar-refractivity contribution is 0.186. The minimum atomic E-state index is -0.227. The number of hydrogen-bond acceptors (Lipinski definition) is 5. The highest BCUT2D eigenvalue weighted by atomic mass is 16.5. The van der Waals surface area contributed by atoms with E-state index in [1.165, 1.54) is 5.56 Å². The summed E-state index contributed by atoms with van der Waals surface area (Å²) in [5.74, 6) is 0. The van der Waals surface area contributed by atoms with Crippen LogP contribution in [0.4, 0.5) is 0 Å². The van der Waals surface area contributed by atoms with Crippen molar-refractivity contribution in [1.29, 1.82) is 0 Å². The molecular weight excluding hydrogens is 336 g/mol. The zero-order valence-electron chi connectivity index (χ0n) is 16.6. The lowest BCUT2D eigenvalue weighted by atomic mass is 9.86. The smallest absolute Gasteiger partial charge is 0.317 e. The van der Waals surface area contributed by atoms with Gasteiger partial charge in [-0.05, 0) is 42.5 Å². The maximum absolute atomic E-state index is 6.21. The number of nitrogens with zero attached hydrogens (tertiary/aromatic N) is 4. The molecule has 0 bridgehead atoms. The van der Waals surface area contributed by atoms with E-state index >= 15 is 0 Å². The summed E-state index contributed by atoms with van der Waals surface area (Å²) in [5.41, 5.74) is 5.17. The van der Waals surface area contributed by atoms with E-state index in [9.17, 15) is 0 Å². The Balaban J connectivity index is 1.91. The Morgan fingerprint density at radius 3 is 2.19 bits per heavy atom. The van der Waals surface area contributed by atoms with E-state index in [1.807, 2.05) is 26.0 Å². The Hall–Kier alpha value is -2.82. The molecule has 0 fully saturated rings. The molecule has 1 aromatic carbocycles. The summed E-state index contributed by atoms with van der Waals surface area (Å²) in [6, 6.07) is 12.8. The molecule has 3 aromatic rings. The van der Waals surface area contributed by atoms with Crippen molar-refractivity contribution in [1.82, 2.24) is 19.9 Å². The Kier molecular flexibility index (Phi) is 5.49. The second-order valence-electron chi connectivity index (χ2n) is 7.82. The Morgan fingerprint density at radius 1 is 0.963 bits per heavy atom. The Morgan fingerprint density at radius 2 is 1.63 bits per heavy atom. The summed E-state index contributed by atoms with van der Waals surface area (Å²) in [7, 11) is 0. The molecule has 0 aliphatic rings. The van der Waals surface area contributed by atoms with Gasteiger partial charge in [-0.2, -0.15) is 0 Å². The molecule has 27 heavy (non-hydrogen) atoms. The lowest BCUT2D eigenvalue weighted by Crippen LogP contribution is -2.15. The second kappa shape index (κ2) is 7.82. The molecule has 0 saturated carbocycles. The maximum atomic E-state index is 6.21. The lowest BCUT2D eigenvalue weighted by Gasteiger charge is -2.22. The van der Waals surface area contributed by atoms with Crippen molar-refractivity contribution in [2.45, 2.75) is 52.6 Å². The summed E-state index contributed by atoms with van der Waals surface area (Å²) in [4.78, 5) is 17.2. The Labute approximate surface area is 160 Å². The molecule has 0 N–H and O–H groups in total. The van der Waals surface area contributed by atoms with Crippen LogP contribution in [-0.4, -0.2) is 19.9 Å². The van der Waals surface area contributed by atoms with Crippen molar-refractivity contribution in [3.63, 3.8) is 0 Å². The normalized spacial score (nSPS) is 12.6. The van der Waals surface area contributed by atoms with Gasteiger partial charge < -0.3 is 4.74 Å². The van der Waals surface area contributed by atoms with Crippen LogP contribution in [-0.2, 0) is 11.8 Å². The first-order valence-electron chi connectivity index (χ1n) is 9.15. The molecule has 1 atom stereocenters. The van der Waals surface area contributed by atoms with Crippen LogP contribution in [0.15, 0.2) is 48.9 Å². The fraction of sp³-hybridized carbons (Fsp3) is 0.364. The molecule has 2 aromatic heterocycles. The van der Waals surface area contributed by atoms with Crippen LogP contribution in [0.3, 0.4) is 0 Å². The second-order valence-corrected chi connectivity index (χ2v) is 7.82. The van der Waals surface area contributed by atoms with Crippen LogP contribution in [0.25, 0.3) is 0 Å². The molecule has 140 valence electrons. The van der Waals surface area contributed by atoms with Crippen LogP contribution in [0.2, 0.25) is 0 Å². The van der Waals surface area contributed by atoms with E-state index < -0.39 is 0 Å². The summed E-state index contributed by atoms with van der Waals surface area (Å²) >= 11 is 0. The van der Waals surface area contributed by atoms with Gasteiger partial charge in [0.15, 0.2) is 0 Å². The number of aryl methyl sites for hydroxylation is 2. The van der Waals surface area contributed by atoms with E-state index in [1.54, 1.807) is 12.5 Å². The number of rotatable bonds is 5. The van der Waals surface area contributed by atoms with Crippen molar-refractivity contribution in [3.05, 3.63) is 77.1 Å². The highest BCUT2D eigenvalue weighted by Crippen LogP contribution is 2.27. The van der Waals surface area contributed by atoms with E-state index in [0.29, 0.717) is 12.4 Å². The molecule has 3 rings (SSSR count). The molecular formula is C22H26N4O. The van der Waals surface area contributed by atoms with E-state index in [-0.39, 0.29) is 11.5 Å². The predicted molar refractivity (Wildman–Crippen MR) is 106 cm³/mol. The topological polar surface area (TPSA) is 60.8 Å². The molecule has 0 spiro atoms. The van der Waals surface area contributed by atoms with Gasteiger partial charge in [-0.1, -0.05) is 45.0 Å². The first kappa shape index (κ1) is 19.0. The zero-order valence-corrected chi connectivity index (χ0v) is 16.6. The molecule has 0 radical (unpaired) electrons. The standard InChI is InChI=1S/C22H26N4O/c1-15-12-16(2)26-21(25-15)27-20(13-19-10-11-23-14-24-19)17-6-8-18(9-7-17)22(3,4)5/h6-12,14,20H,13H2,1-5H3. The molecule has 1 unspecified atom stereocenters. The number of ether oxygens (including phenoxy) is 1. The van der Waals surface area contributed by atoms with Gasteiger partial charge >= 0.3 is 6.01 Å². The third-order valence-corrected chi connectivity index (χ3v) is 4.40. The summed E-state index contributed by atoms with van der Waals surface area (Å²) in [6.07, 6.45) is 3.70. The van der Waals surface area contributed by atoms with Crippen molar-refractivity contribution >= 4 is 0 Å². The Bertz CT molecular complexity index is 866. The van der Waals surface area contributed by atoms with Gasteiger partial charge in [0.2, 0.25) is 0 Å².